The van der Waals surface area contributed by atoms with Crippen molar-refractivity contribution in [1.29, 1.82) is 0 Å². The monoisotopic (exact) mass is 453 g/mol. The predicted octanol–water partition coefficient (Wildman–Crippen LogP) is 3.85. The molecule has 1 unspecified atom stereocenters. The average Bonchev–Trinajstić information content (AvgIpc) is 2.74. The summed E-state index contributed by atoms with van der Waals surface area (Å²) in [5.74, 6) is -2.39. The molecule has 33 heavy (non-hydrogen) atoms. The fraction of sp³-hybridized carbons (Fsp3) is 0.208. The molecule has 0 bridgehead atoms. The fourth-order valence-corrected chi connectivity index (χ4v) is 3.69. The van der Waals surface area contributed by atoms with Crippen LogP contribution in [0.5, 0.6) is 5.75 Å². The molecule has 4 N–H and O–H groups in total. The highest BCUT2D eigenvalue weighted by Gasteiger charge is 2.23. The number of rotatable bonds is 6. The van der Waals surface area contributed by atoms with Gasteiger partial charge in [-0.25, -0.2) is 9.18 Å². The molecular weight excluding hydrogens is 429 g/mol. The first-order chi connectivity index (χ1) is 15.6. The van der Waals surface area contributed by atoms with Gasteiger partial charge < -0.3 is 25.4 Å². The lowest BCUT2D eigenvalue weighted by Crippen LogP contribution is -2.36. The number of pyridine rings is 1. The Kier molecular flexibility index (Phi) is 6.81. The second-order valence-corrected chi connectivity index (χ2v) is 7.74. The van der Waals surface area contributed by atoms with E-state index in [2.05, 4.69) is 10.6 Å². The van der Waals surface area contributed by atoms with Gasteiger partial charge in [0.1, 0.15) is 11.6 Å². The van der Waals surface area contributed by atoms with E-state index in [0.29, 0.717) is 5.56 Å². The number of urea groups is 1. The van der Waals surface area contributed by atoms with Gasteiger partial charge in [0.05, 0.1) is 12.5 Å². The molecule has 0 aliphatic rings. The second kappa shape index (κ2) is 9.56. The zero-order valence-electron chi connectivity index (χ0n) is 18.3. The molecule has 0 fully saturated rings. The standard InChI is InChI=1S/C24H24FN3O5/c1-13-5-4-6-14(2)21(13)15-7-8-17(25)16(11-15)18(12-20(30)31)26-24(33)27-22-19(29)9-10-28(3)23(22)32/h4-11,18,29H,12H2,1-3H3,(H,30,31)(H2,26,27,33). The van der Waals surface area contributed by atoms with Crippen LogP contribution in [0.4, 0.5) is 14.9 Å². The number of anilines is 1. The van der Waals surface area contributed by atoms with Gasteiger partial charge in [-0.15, -0.1) is 0 Å². The van der Waals surface area contributed by atoms with E-state index in [9.17, 15) is 29.0 Å². The molecule has 1 heterocycles. The summed E-state index contributed by atoms with van der Waals surface area (Å²) in [6.45, 7) is 3.83. The molecule has 0 radical (unpaired) electrons. The number of carboxylic acids is 1. The maximum atomic E-state index is 14.8. The lowest BCUT2D eigenvalue weighted by atomic mass is 9.92. The van der Waals surface area contributed by atoms with E-state index in [1.165, 1.54) is 31.4 Å². The van der Waals surface area contributed by atoms with Crippen molar-refractivity contribution >= 4 is 17.7 Å². The number of halogens is 1. The van der Waals surface area contributed by atoms with E-state index in [1.807, 2.05) is 32.0 Å². The molecule has 1 atom stereocenters. The molecule has 3 aromatic rings. The van der Waals surface area contributed by atoms with Gasteiger partial charge >= 0.3 is 12.0 Å². The summed E-state index contributed by atoms with van der Waals surface area (Å²) in [5, 5.41) is 23.9. The van der Waals surface area contributed by atoms with Crippen LogP contribution >= 0.6 is 0 Å². The number of amides is 2. The number of nitrogens with one attached hydrogen (secondary N) is 2. The van der Waals surface area contributed by atoms with Crippen LogP contribution in [0.2, 0.25) is 0 Å². The molecule has 172 valence electrons. The number of aryl methyl sites for hydroxylation is 3. The highest BCUT2D eigenvalue weighted by Crippen LogP contribution is 2.31. The van der Waals surface area contributed by atoms with Crippen LogP contribution in [-0.4, -0.2) is 26.8 Å². The molecule has 9 heteroatoms. The van der Waals surface area contributed by atoms with Crippen molar-refractivity contribution in [1.82, 2.24) is 9.88 Å². The van der Waals surface area contributed by atoms with Crippen LogP contribution in [0.15, 0.2) is 53.5 Å². The normalized spacial score (nSPS) is 11.6. The van der Waals surface area contributed by atoms with Crippen LogP contribution in [0.1, 0.15) is 29.2 Å². The number of carbonyl (C=O) groups is 2. The van der Waals surface area contributed by atoms with Crippen LogP contribution in [0.3, 0.4) is 0 Å². The molecule has 1 aromatic heterocycles. The third-order valence-electron chi connectivity index (χ3n) is 5.31. The van der Waals surface area contributed by atoms with Gasteiger partial charge in [0.15, 0.2) is 5.69 Å². The maximum Gasteiger partial charge on any atom is 0.319 e. The van der Waals surface area contributed by atoms with Crippen LogP contribution in [0, 0.1) is 19.7 Å². The van der Waals surface area contributed by atoms with Crippen LogP contribution < -0.4 is 16.2 Å². The summed E-state index contributed by atoms with van der Waals surface area (Å²) in [6.07, 6.45) is 0.724. The number of carbonyl (C=O) groups excluding carboxylic acids is 1. The summed E-state index contributed by atoms with van der Waals surface area (Å²) in [4.78, 5) is 36.2. The van der Waals surface area contributed by atoms with E-state index in [-0.39, 0.29) is 11.3 Å². The minimum atomic E-state index is -1.25. The first-order valence-electron chi connectivity index (χ1n) is 10.1. The van der Waals surface area contributed by atoms with Crippen LogP contribution in [-0.2, 0) is 11.8 Å². The van der Waals surface area contributed by atoms with Gasteiger partial charge in [-0.05, 0) is 54.3 Å². The van der Waals surface area contributed by atoms with Gasteiger partial charge in [-0.3, -0.25) is 9.59 Å². The zero-order valence-corrected chi connectivity index (χ0v) is 18.3. The summed E-state index contributed by atoms with van der Waals surface area (Å²) in [5.41, 5.74) is 2.42. The van der Waals surface area contributed by atoms with Crippen molar-refractivity contribution in [2.75, 3.05) is 5.32 Å². The summed E-state index contributed by atoms with van der Waals surface area (Å²) in [7, 11) is 1.44. The fourth-order valence-electron chi connectivity index (χ4n) is 3.69. The summed E-state index contributed by atoms with van der Waals surface area (Å²) in [6, 6.07) is 9.09. The minimum absolute atomic E-state index is 0.0158. The van der Waals surface area contributed by atoms with Gasteiger partial charge in [-0.1, -0.05) is 24.3 Å². The Bertz CT molecular complexity index is 1270. The van der Waals surface area contributed by atoms with Crippen LogP contribution in [0.25, 0.3) is 11.1 Å². The van der Waals surface area contributed by atoms with E-state index in [4.69, 9.17) is 0 Å². The largest absolute Gasteiger partial charge is 0.505 e. The Morgan fingerprint density at radius 2 is 1.79 bits per heavy atom. The molecule has 2 aromatic carbocycles. The second-order valence-electron chi connectivity index (χ2n) is 7.74. The van der Waals surface area contributed by atoms with E-state index < -0.39 is 41.6 Å². The Labute approximate surface area is 189 Å². The van der Waals surface area contributed by atoms with Gasteiger partial charge in [0.2, 0.25) is 0 Å². The number of benzene rings is 2. The Morgan fingerprint density at radius 1 is 1.12 bits per heavy atom. The van der Waals surface area contributed by atoms with Crippen molar-refractivity contribution in [3.63, 3.8) is 0 Å². The van der Waals surface area contributed by atoms with Gasteiger partial charge in [0, 0.05) is 18.8 Å². The summed E-state index contributed by atoms with van der Waals surface area (Å²) >= 11 is 0. The number of hydrogen-bond acceptors (Lipinski definition) is 4. The number of aromatic nitrogens is 1. The van der Waals surface area contributed by atoms with Crippen molar-refractivity contribution in [3.05, 3.63) is 81.5 Å². The molecule has 2 amide bonds. The first kappa shape index (κ1) is 23.5. The van der Waals surface area contributed by atoms with Gasteiger partial charge in [-0.2, -0.15) is 0 Å². The molecule has 0 aliphatic heterocycles. The quantitative estimate of drug-likeness (QED) is 0.452. The molecular formula is C24H24FN3O5. The van der Waals surface area contributed by atoms with Crippen molar-refractivity contribution < 1.29 is 24.2 Å². The molecule has 0 saturated heterocycles. The van der Waals surface area contributed by atoms with E-state index in [0.717, 1.165) is 21.3 Å². The average molecular weight is 453 g/mol. The number of nitrogens with zero attached hydrogens (tertiary/aromatic N) is 1. The number of carboxylic acid groups (broad SMARTS) is 1. The third-order valence-corrected chi connectivity index (χ3v) is 5.31. The first-order valence-corrected chi connectivity index (χ1v) is 10.1. The topological polar surface area (TPSA) is 121 Å². The maximum absolute atomic E-state index is 14.8. The molecule has 0 spiro atoms. The smallest absolute Gasteiger partial charge is 0.319 e. The lowest BCUT2D eigenvalue weighted by Gasteiger charge is -2.20. The van der Waals surface area contributed by atoms with Crippen molar-refractivity contribution in [2.24, 2.45) is 7.05 Å². The van der Waals surface area contributed by atoms with Crippen molar-refractivity contribution in [2.45, 2.75) is 26.3 Å². The summed E-state index contributed by atoms with van der Waals surface area (Å²) < 4.78 is 15.9. The predicted molar refractivity (Wildman–Crippen MR) is 122 cm³/mol. The highest BCUT2D eigenvalue weighted by molar-refractivity contribution is 5.91. The molecule has 3 rings (SSSR count). The van der Waals surface area contributed by atoms with E-state index in [1.54, 1.807) is 6.07 Å². The van der Waals surface area contributed by atoms with Crippen molar-refractivity contribution in [3.8, 4) is 16.9 Å². The Hall–Kier alpha value is -4.14. The molecule has 0 saturated carbocycles. The SMILES string of the molecule is Cc1cccc(C)c1-c1ccc(F)c(C(CC(=O)O)NC(=O)Nc2c(O)ccn(C)c2=O)c1. The number of aliphatic carboxylic acids is 1. The highest BCUT2D eigenvalue weighted by atomic mass is 19.1. The minimum Gasteiger partial charge on any atom is -0.505 e. The Balaban J connectivity index is 1.97. The molecule has 8 nitrogen and oxygen atoms in total. The number of aromatic hydroxyl groups is 1. The molecule has 0 aliphatic carbocycles. The Morgan fingerprint density at radius 3 is 2.42 bits per heavy atom. The van der Waals surface area contributed by atoms with E-state index >= 15 is 0 Å². The van der Waals surface area contributed by atoms with Gasteiger partial charge in [0.25, 0.3) is 5.56 Å². The third kappa shape index (κ3) is 5.20. The lowest BCUT2D eigenvalue weighted by molar-refractivity contribution is -0.137. The zero-order chi connectivity index (χ0) is 24.3. The number of hydrogen-bond donors (Lipinski definition) is 4.